The molecule has 0 aromatic heterocycles. The Bertz CT molecular complexity index is 2620. The minimum absolute atomic E-state index is 0.00356. The molecule has 4 rings (SSSR count). The summed E-state index contributed by atoms with van der Waals surface area (Å²) in [4.78, 5) is -0.00713. The number of hydrogen-bond acceptors (Lipinski definition) is 16. The summed E-state index contributed by atoms with van der Waals surface area (Å²) < 4.78 is 196. The molecule has 0 N–H and O–H groups in total. The van der Waals surface area contributed by atoms with E-state index >= 15 is 0 Å². The second kappa shape index (κ2) is 25.6. The molecule has 0 amide bonds. The van der Waals surface area contributed by atoms with Crippen LogP contribution < -0.4 is 0 Å². The Balaban J connectivity index is 0.000000370. The van der Waals surface area contributed by atoms with Crippen LogP contribution in [0.25, 0.3) is 0 Å². The maximum Gasteiger partial charge on any atom is 0.195 e. The zero-order chi connectivity index (χ0) is 51.2. The molecule has 0 bridgehead atoms. The molecule has 392 valence electrons. The first-order chi connectivity index (χ1) is 31.5. The Kier molecular flexibility index (Phi) is 22.7. The summed E-state index contributed by atoms with van der Waals surface area (Å²) in [6, 6.07) is 15.1. The van der Waals surface area contributed by atoms with Gasteiger partial charge >= 0.3 is 0 Å². The number of benzene rings is 2. The predicted molar refractivity (Wildman–Crippen MR) is 269 cm³/mol. The molecule has 24 heteroatoms. The van der Waals surface area contributed by atoms with Gasteiger partial charge in [0.05, 0.1) is 43.3 Å². The van der Waals surface area contributed by atoms with Crippen molar-refractivity contribution in [2.45, 2.75) is 182 Å². The summed E-state index contributed by atoms with van der Waals surface area (Å²) >= 11 is 0. The lowest BCUT2D eigenvalue weighted by atomic mass is 10.0. The van der Waals surface area contributed by atoms with E-state index in [9.17, 15) is 67.3 Å². The van der Waals surface area contributed by atoms with E-state index < -0.39 is 119 Å². The largest absolute Gasteiger partial charge is 0.227 e. The van der Waals surface area contributed by atoms with Gasteiger partial charge in [0, 0.05) is 0 Å². The van der Waals surface area contributed by atoms with Gasteiger partial charge in [-0.05, 0) is 90.5 Å². The van der Waals surface area contributed by atoms with Crippen LogP contribution in [-0.4, -0.2) is 119 Å². The van der Waals surface area contributed by atoms with Crippen molar-refractivity contribution in [3.63, 3.8) is 0 Å². The van der Waals surface area contributed by atoms with Crippen molar-refractivity contribution in [2.75, 3.05) is 23.0 Å². The lowest BCUT2D eigenvalue weighted by molar-refractivity contribution is 0.481. The van der Waals surface area contributed by atoms with Crippen molar-refractivity contribution in [2.24, 2.45) is 0 Å². The fraction of sp³-hybridized carbons (Fsp3) is 0.727. The normalized spacial score (nSPS) is 18.4. The van der Waals surface area contributed by atoms with Crippen molar-refractivity contribution in [1.29, 1.82) is 0 Å². The van der Waals surface area contributed by atoms with E-state index in [0.29, 0.717) is 51.4 Å². The molecule has 0 saturated heterocycles. The molecule has 2 aliphatic carbocycles. The highest BCUT2D eigenvalue weighted by atomic mass is 32.3. The first kappa shape index (κ1) is 60.3. The highest BCUT2D eigenvalue weighted by Crippen LogP contribution is 2.31. The summed E-state index contributed by atoms with van der Waals surface area (Å²) in [5, 5.41) is -1.45. The van der Waals surface area contributed by atoms with Crippen LogP contribution in [0.5, 0.6) is 0 Å². The average molecular weight is 1110 g/mol. The lowest BCUT2D eigenvalue weighted by Crippen LogP contribution is -2.41. The summed E-state index contributed by atoms with van der Waals surface area (Å²) in [6.07, 6.45) is 11.7. The fourth-order valence-corrected chi connectivity index (χ4v) is 26.7. The first-order valence-corrected chi connectivity index (χ1v) is 36.5. The van der Waals surface area contributed by atoms with Crippen LogP contribution in [0.1, 0.15) is 143 Å². The smallest absolute Gasteiger partial charge is 0.195 e. The Labute approximate surface area is 408 Å². The maximum atomic E-state index is 12.7. The van der Waals surface area contributed by atoms with Crippen molar-refractivity contribution >= 4 is 78.7 Å². The van der Waals surface area contributed by atoms with Gasteiger partial charge in [0.2, 0.25) is 0 Å². The minimum atomic E-state index is -4.27. The molecule has 0 spiro atoms. The number of unbranched alkanes of at least 4 members (excludes halogenated alkanes) is 7. The number of hydrogen-bond donors (Lipinski definition) is 0. The van der Waals surface area contributed by atoms with E-state index in [1.54, 1.807) is 36.4 Å². The standard InChI is InChI=1S/C26H38O8S4.C18H34O8S4/c1-23(37(31,32)25-17-11-9-12-18-25)35(27,28)21-15-7-5-3-4-6-8-16-22-36(29,30)24(2)38(33,34)26-19-13-10-14-20-26;1-15(29(23,24)17-9-5-3-6-10-17)27(19,20)13-14-28(21,22)16(2)30(25,26)18-11-7-4-8-12-18/h9-14,17-20,23-24H,3-8,15-16,21-22H2,1-2H3;15-18H,3-14H2,1-2H3. The van der Waals surface area contributed by atoms with E-state index in [1.165, 1.54) is 38.1 Å². The molecule has 2 aliphatic rings. The van der Waals surface area contributed by atoms with Crippen LogP contribution in [0.15, 0.2) is 70.5 Å². The Morgan fingerprint density at radius 2 is 0.588 bits per heavy atom. The topological polar surface area (TPSA) is 273 Å². The molecule has 0 radical (unpaired) electrons. The molecule has 16 nitrogen and oxygen atoms in total. The fourth-order valence-electron chi connectivity index (χ4n) is 8.29. The predicted octanol–water partition coefficient (Wildman–Crippen LogP) is 6.58. The molecular weight excluding hydrogens is 1040 g/mol. The molecule has 4 unspecified atom stereocenters. The summed E-state index contributed by atoms with van der Waals surface area (Å²) in [5.41, 5.74) is 0. The summed E-state index contributed by atoms with van der Waals surface area (Å²) in [6.45, 7) is 4.62. The highest BCUT2D eigenvalue weighted by Gasteiger charge is 2.43. The van der Waals surface area contributed by atoms with Gasteiger partial charge in [-0.3, -0.25) is 0 Å². The van der Waals surface area contributed by atoms with Crippen molar-refractivity contribution in [3.8, 4) is 0 Å². The average Bonchev–Trinajstić information content (AvgIpc) is 3.31. The molecule has 2 fully saturated rings. The van der Waals surface area contributed by atoms with E-state index in [2.05, 4.69) is 0 Å². The second-order valence-corrected chi connectivity index (χ2v) is 38.6. The van der Waals surface area contributed by atoms with E-state index in [4.69, 9.17) is 0 Å². The zero-order valence-corrected chi connectivity index (χ0v) is 46.1. The molecule has 2 aromatic rings. The van der Waals surface area contributed by atoms with Crippen LogP contribution in [0.3, 0.4) is 0 Å². The maximum absolute atomic E-state index is 12.7. The molecule has 0 aliphatic heterocycles. The molecule has 2 saturated carbocycles. The van der Waals surface area contributed by atoms with Gasteiger partial charge in [-0.1, -0.05) is 113 Å². The highest BCUT2D eigenvalue weighted by molar-refractivity contribution is 8.11. The van der Waals surface area contributed by atoms with Gasteiger partial charge in [0.15, 0.2) is 97.0 Å². The van der Waals surface area contributed by atoms with Crippen LogP contribution >= 0.6 is 0 Å². The van der Waals surface area contributed by atoms with Gasteiger partial charge in [-0.2, -0.15) is 0 Å². The monoisotopic (exact) mass is 1110 g/mol. The quantitative estimate of drug-likeness (QED) is 0.0900. The van der Waals surface area contributed by atoms with Crippen molar-refractivity contribution in [3.05, 3.63) is 60.7 Å². The third kappa shape index (κ3) is 16.5. The van der Waals surface area contributed by atoms with Gasteiger partial charge in [-0.15, -0.1) is 0 Å². The molecular formula is C44H72O16S8. The Morgan fingerprint density at radius 1 is 0.338 bits per heavy atom. The first-order valence-electron chi connectivity index (χ1n) is 23.4. The second-order valence-electron chi connectivity index (χ2n) is 18.0. The third-order valence-corrected chi connectivity index (χ3v) is 35.7. The SMILES string of the molecule is CC(S(=O)(=O)CCCCCCCCCCS(=O)(=O)C(C)S(=O)(=O)c1ccccc1)S(=O)(=O)c1ccccc1.CC(S(=O)(=O)CCS(=O)(=O)C(C)S(=O)(=O)C1CCCCC1)S(=O)(=O)C1CCCCC1. The summed E-state index contributed by atoms with van der Waals surface area (Å²) in [7, 11) is -32.0. The van der Waals surface area contributed by atoms with Gasteiger partial charge in [0.1, 0.15) is 0 Å². The van der Waals surface area contributed by atoms with E-state index in [0.717, 1.165) is 78.1 Å². The van der Waals surface area contributed by atoms with Gasteiger partial charge < -0.3 is 0 Å². The summed E-state index contributed by atoms with van der Waals surface area (Å²) in [5.74, 6) is -2.18. The molecule has 0 heterocycles. The zero-order valence-electron chi connectivity index (χ0n) is 39.6. The molecule has 2 aromatic carbocycles. The Hall–Kier alpha value is -1.96. The lowest BCUT2D eigenvalue weighted by Gasteiger charge is -2.26. The molecule has 4 atom stereocenters. The number of rotatable bonds is 26. The van der Waals surface area contributed by atoms with Crippen molar-refractivity contribution in [1.82, 2.24) is 0 Å². The minimum Gasteiger partial charge on any atom is -0.227 e. The third-order valence-electron chi connectivity index (χ3n) is 13.3. The van der Waals surface area contributed by atoms with Crippen LogP contribution in [0, 0.1) is 0 Å². The number of sulfone groups is 8. The van der Waals surface area contributed by atoms with Crippen LogP contribution in [-0.2, 0) is 78.7 Å². The van der Waals surface area contributed by atoms with Crippen LogP contribution in [0.2, 0.25) is 0 Å². The van der Waals surface area contributed by atoms with E-state index in [-0.39, 0.29) is 21.3 Å². The van der Waals surface area contributed by atoms with Gasteiger partial charge in [0.25, 0.3) is 0 Å². The van der Waals surface area contributed by atoms with Crippen LogP contribution in [0.4, 0.5) is 0 Å². The van der Waals surface area contributed by atoms with Gasteiger partial charge in [-0.25, -0.2) is 67.3 Å². The van der Waals surface area contributed by atoms with Crippen molar-refractivity contribution < 1.29 is 67.3 Å². The van der Waals surface area contributed by atoms with E-state index in [1.807, 2.05) is 0 Å². The Morgan fingerprint density at radius 3 is 0.868 bits per heavy atom. The molecule has 68 heavy (non-hydrogen) atoms.